The first-order valence-electron chi connectivity index (χ1n) is 8.92. The van der Waals surface area contributed by atoms with Crippen LogP contribution in [0.15, 0.2) is 65.7 Å². The van der Waals surface area contributed by atoms with Crippen LogP contribution in [-0.4, -0.2) is 26.7 Å². The highest BCUT2D eigenvalue weighted by Crippen LogP contribution is 2.27. The molecule has 0 aromatic heterocycles. The molecule has 0 aliphatic heterocycles. The first-order valence-corrected chi connectivity index (χ1v) is 8.92. The molecule has 0 amide bonds. The lowest BCUT2D eigenvalue weighted by Crippen LogP contribution is -2.33. The molecule has 3 rings (SSSR count). The Morgan fingerprint density at radius 1 is 0.889 bits per heavy atom. The Balaban J connectivity index is 1.53. The number of nitrogens with zero attached hydrogens (tertiary/aromatic N) is 1. The molecule has 140 valence electrons. The van der Waals surface area contributed by atoms with Gasteiger partial charge in [-0.25, -0.2) is 4.99 Å². The van der Waals surface area contributed by atoms with Gasteiger partial charge in [-0.2, -0.15) is 0 Å². The van der Waals surface area contributed by atoms with Gasteiger partial charge >= 0.3 is 0 Å². The average Bonchev–Trinajstić information content (AvgIpc) is 2.72. The first-order chi connectivity index (χ1) is 13.2. The fourth-order valence-electron chi connectivity index (χ4n) is 2.94. The summed E-state index contributed by atoms with van der Waals surface area (Å²) in [6, 6.07) is 20.5. The summed E-state index contributed by atoms with van der Waals surface area (Å²) in [4.78, 5) is 4.43. The van der Waals surface area contributed by atoms with Crippen molar-refractivity contribution in [3.05, 3.63) is 71.8 Å². The van der Waals surface area contributed by atoms with Gasteiger partial charge in [0, 0.05) is 6.54 Å². The predicted molar refractivity (Wildman–Crippen MR) is 111 cm³/mol. The minimum atomic E-state index is 0.448. The number of ether oxygens (including phenoxy) is 2. The molecule has 0 spiro atoms. The number of rotatable bonds is 7. The number of hydrogen-bond acceptors (Lipinski definition) is 3. The van der Waals surface area contributed by atoms with Crippen molar-refractivity contribution in [3.63, 3.8) is 0 Å². The van der Waals surface area contributed by atoms with Crippen LogP contribution in [0.25, 0.3) is 10.8 Å². The average molecular weight is 363 g/mol. The van der Waals surface area contributed by atoms with Crippen LogP contribution >= 0.6 is 0 Å². The third-order valence-electron chi connectivity index (χ3n) is 4.41. The van der Waals surface area contributed by atoms with E-state index in [1.807, 2.05) is 30.3 Å². The van der Waals surface area contributed by atoms with E-state index in [9.17, 15) is 0 Å². The topological polar surface area (TPSA) is 68.9 Å². The van der Waals surface area contributed by atoms with Crippen LogP contribution in [0.1, 0.15) is 11.1 Å². The molecule has 3 aromatic carbocycles. The van der Waals surface area contributed by atoms with E-state index < -0.39 is 0 Å². The third kappa shape index (κ3) is 4.91. The molecule has 0 bridgehead atoms. The van der Waals surface area contributed by atoms with Crippen molar-refractivity contribution >= 4 is 16.7 Å². The summed E-state index contributed by atoms with van der Waals surface area (Å²) in [5, 5.41) is 5.60. The van der Waals surface area contributed by atoms with E-state index in [2.05, 4.69) is 40.6 Å². The van der Waals surface area contributed by atoms with Crippen molar-refractivity contribution in [2.45, 2.75) is 13.0 Å². The highest BCUT2D eigenvalue weighted by Gasteiger charge is 2.04. The van der Waals surface area contributed by atoms with Gasteiger partial charge in [-0.15, -0.1) is 0 Å². The van der Waals surface area contributed by atoms with Crippen molar-refractivity contribution in [2.75, 3.05) is 20.8 Å². The number of guanidine groups is 1. The normalized spacial score (nSPS) is 11.4. The zero-order valence-electron chi connectivity index (χ0n) is 15.7. The van der Waals surface area contributed by atoms with Crippen LogP contribution < -0.4 is 20.5 Å². The lowest BCUT2D eigenvalue weighted by Gasteiger charge is -2.10. The van der Waals surface area contributed by atoms with E-state index in [0.717, 1.165) is 29.0 Å². The zero-order chi connectivity index (χ0) is 19.1. The maximum atomic E-state index is 5.99. The van der Waals surface area contributed by atoms with Crippen LogP contribution in [0, 0.1) is 0 Å². The molecule has 0 saturated carbocycles. The maximum Gasteiger partial charge on any atom is 0.188 e. The van der Waals surface area contributed by atoms with Crippen LogP contribution in [0.3, 0.4) is 0 Å². The SMILES string of the molecule is COc1ccc(CCNC(N)=NCc2ccc3ccccc3c2)cc1OC. The molecule has 0 unspecified atom stereocenters. The minimum absolute atomic E-state index is 0.448. The molecular weight excluding hydrogens is 338 g/mol. The number of fused-ring (bicyclic) bond motifs is 1. The predicted octanol–water partition coefficient (Wildman–Crippen LogP) is 3.50. The van der Waals surface area contributed by atoms with Gasteiger partial charge in [-0.05, 0) is 46.5 Å². The highest BCUT2D eigenvalue weighted by molar-refractivity contribution is 5.83. The summed E-state index contributed by atoms with van der Waals surface area (Å²) in [5.74, 6) is 1.90. The molecule has 3 N–H and O–H groups in total. The molecule has 0 radical (unpaired) electrons. The third-order valence-corrected chi connectivity index (χ3v) is 4.41. The zero-order valence-corrected chi connectivity index (χ0v) is 15.7. The van der Waals surface area contributed by atoms with Crippen LogP contribution in [-0.2, 0) is 13.0 Å². The van der Waals surface area contributed by atoms with Crippen LogP contribution in [0.4, 0.5) is 0 Å². The lowest BCUT2D eigenvalue weighted by molar-refractivity contribution is 0.354. The number of benzene rings is 3. The largest absolute Gasteiger partial charge is 0.493 e. The van der Waals surface area contributed by atoms with Gasteiger partial charge in [0.1, 0.15) is 0 Å². The van der Waals surface area contributed by atoms with E-state index in [-0.39, 0.29) is 0 Å². The van der Waals surface area contributed by atoms with E-state index in [4.69, 9.17) is 15.2 Å². The molecule has 0 saturated heterocycles. The van der Waals surface area contributed by atoms with Crippen LogP contribution in [0.5, 0.6) is 11.5 Å². The van der Waals surface area contributed by atoms with Crippen molar-refractivity contribution in [2.24, 2.45) is 10.7 Å². The second kappa shape index (κ2) is 8.94. The van der Waals surface area contributed by atoms with Gasteiger partial charge in [0.25, 0.3) is 0 Å². The van der Waals surface area contributed by atoms with Gasteiger partial charge in [0.05, 0.1) is 20.8 Å². The Morgan fingerprint density at radius 2 is 1.63 bits per heavy atom. The van der Waals surface area contributed by atoms with Crippen molar-refractivity contribution in [3.8, 4) is 11.5 Å². The van der Waals surface area contributed by atoms with Crippen molar-refractivity contribution in [1.29, 1.82) is 0 Å². The van der Waals surface area contributed by atoms with E-state index in [0.29, 0.717) is 19.0 Å². The number of aliphatic imine (C=N–C) groups is 1. The summed E-state index contributed by atoms with van der Waals surface area (Å²) in [6.45, 7) is 1.25. The van der Waals surface area contributed by atoms with Crippen molar-refractivity contribution in [1.82, 2.24) is 5.32 Å². The molecule has 3 aromatic rings. The summed E-state index contributed by atoms with van der Waals surface area (Å²) in [7, 11) is 3.27. The van der Waals surface area contributed by atoms with E-state index in [1.165, 1.54) is 10.8 Å². The molecule has 5 heteroatoms. The number of nitrogens with one attached hydrogen (secondary N) is 1. The summed E-state index contributed by atoms with van der Waals surface area (Å²) < 4.78 is 10.6. The molecule has 0 aliphatic carbocycles. The number of hydrogen-bond donors (Lipinski definition) is 2. The van der Waals surface area contributed by atoms with Crippen molar-refractivity contribution < 1.29 is 9.47 Å². The molecule has 0 aliphatic rings. The fourth-order valence-corrected chi connectivity index (χ4v) is 2.94. The maximum absolute atomic E-state index is 5.99. The van der Waals surface area contributed by atoms with Crippen LogP contribution in [0.2, 0.25) is 0 Å². The Bertz CT molecular complexity index is 938. The Labute approximate surface area is 159 Å². The van der Waals surface area contributed by atoms with E-state index in [1.54, 1.807) is 14.2 Å². The Morgan fingerprint density at radius 3 is 2.41 bits per heavy atom. The smallest absolute Gasteiger partial charge is 0.188 e. The molecule has 0 atom stereocenters. The molecule has 0 heterocycles. The molecule has 5 nitrogen and oxygen atoms in total. The van der Waals surface area contributed by atoms with Gasteiger partial charge in [-0.3, -0.25) is 0 Å². The standard InChI is InChI=1S/C22H25N3O2/c1-26-20-10-8-16(14-21(20)27-2)11-12-24-22(23)25-15-17-7-9-18-5-3-4-6-19(18)13-17/h3-10,13-14H,11-12,15H2,1-2H3,(H3,23,24,25). The van der Waals surface area contributed by atoms with E-state index >= 15 is 0 Å². The first kappa shape index (κ1) is 18.6. The Kier molecular flexibility index (Phi) is 6.15. The second-order valence-electron chi connectivity index (χ2n) is 6.25. The molecule has 27 heavy (non-hydrogen) atoms. The number of methoxy groups -OCH3 is 2. The monoisotopic (exact) mass is 363 g/mol. The minimum Gasteiger partial charge on any atom is -0.493 e. The fraction of sp³-hybridized carbons (Fsp3) is 0.227. The summed E-state index contributed by atoms with van der Waals surface area (Å²) in [5.41, 5.74) is 8.27. The molecule has 0 fully saturated rings. The molecular formula is C22H25N3O2. The van der Waals surface area contributed by atoms with Gasteiger partial charge in [0.2, 0.25) is 0 Å². The lowest BCUT2D eigenvalue weighted by atomic mass is 10.1. The summed E-state index contributed by atoms with van der Waals surface area (Å²) in [6.07, 6.45) is 0.812. The van der Waals surface area contributed by atoms with Gasteiger partial charge in [-0.1, -0.05) is 42.5 Å². The highest BCUT2D eigenvalue weighted by atomic mass is 16.5. The Hall–Kier alpha value is -3.21. The number of nitrogens with two attached hydrogens (primary N) is 1. The quantitative estimate of drug-likeness (QED) is 0.498. The van der Waals surface area contributed by atoms with Gasteiger partial charge in [0.15, 0.2) is 17.5 Å². The second-order valence-corrected chi connectivity index (χ2v) is 6.25. The summed E-state index contributed by atoms with van der Waals surface area (Å²) >= 11 is 0. The van der Waals surface area contributed by atoms with Gasteiger partial charge < -0.3 is 20.5 Å².